The highest BCUT2D eigenvalue weighted by molar-refractivity contribution is 5.26. The van der Waals surface area contributed by atoms with Crippen molar-refractivity contribution in [1.82, 2.24) is 0 Å². The molecule has 1 N–H and O–H groups in total. The molecule has 1 atom stereocenters. The number of aryl methyl sites for hydroxylation is 1. The van der Waals surface area contributed by atoms with Crippen molar-refractivity contribution in [1.29, 1.82) is 0 Å². The molecule has 2 heteroatoms. The van der Waals surface area contributed by atoms with E-state index in [0.717, 1.165) is 5.56 Å². The predicted molar refractivity (Wildman–Crippen MR) is 46.6 cm³/mol. The molecule has 0 aromatic heterocycles. The predicted octanol–water partition coefficient (Wildman–Crippen LogP) is 2.23. The summed E-state index contributed by atoms with van der Waals surface area (Å²) in [6.45, 7) is 3.70. The lowest BCUT2D eigenvalue weighted by Gasteiger charge is -2.09. The first-order chi connectivity index (χ1) is 5.65. The fourth-order valence-corrected chi connectivity index (χ4v) is 1.14. The number of rotatable bonds is 2. The zero-order valence-corrected chi connectivity index (χ0v) is 7.34. The Morgan fingerprint density at radius 1 is 1.50 bits per heavy atom. The highest BCUT2D eigenvalue weighted by Crippen LogP contribution is 2.19. The molecule has 0 heterocycles. The van der Waals surface area contributed by atoms with E-state index >= 15 is 0 Å². The van der Waals surface area contributed by atoms with E-state index < -0.39 is 0 Å². The Balaban J connectivity index is 3.04. The summed E-state index contributed by atoms with van der Waals surface area (Å²) in [7, 11) is 0. The summed E-state index contributed by atoms with van der Waals surface area (Å²) in [5.74, 6) is -0.355. The molecule has 0 aliphatic carbocycles. The molecule has 0 unspecified atom stereocenters. The van der Waals surface area contributed by atoms with Crippen LogP contribution in [0.1, 0.15) is 24.0 Å². The second-order valence-corrected chi connectivity index (χ2v) is 3.11. The molecule has 0 aliphatic rings. The van der Waals surface area contributed by atoms with Gasteiger partial charge in [0.15, 0.2) is 0 Å². The van der Waals surface area contributed by atoms with Crippen molar-refractivity contribution < 1.29 is 9.50 Å². The summed E-state index contributed by atoms with van der Waals surface area (Å²) in [6.07, 6.45) is 0. The molecule has 1 aromatic rings. The topological polar surface area (TPSA) is 20.2 Å². The SMILES string of the molecule is Cc1ccc(F)c([C@H](C)CO)c1. The van der Waals surface area contributed by atoms with E-state index in [-0.39, 0.29) is 18.3 Å². The minimum atomic E-state index is -0.234. The molecule has 0 aliphatic heterocycles. The largest absolute Gasteiger partial charge is 0.396 e. The van der Waals surface area contributed by atoms with Crippen molar-refractivity contribution in [3.05, 3.63) is 35.1 Å². The van der Waals surface area contributed by atoms with E-state index in [1.807, 2.05) is 6.92 Å². The molecule has 0 saturated carbocycles. The Hall–Kier alpha value is -0.890. The molecule has 0 fully saturated rings. The van der Waals surface area contributed by atoms with Crippen LogP contribution in [0.4, 0.5) is 4.39 Å². The van der Waals surface area contributed by atoms with Crippen LogP contribution in [-0.4, -0.2) is 11.7 Å². The Labute approximate surface area is 71.9 Å². The maximum atomic E-state index is 13.1. The molecule has 0 spiro atoms. The number of aliphatic hydroxyl groups is 1. The van der Waals surface area contributed by atoms with Crippen LogP contribution in [0.15, 0.2) is 18.2 Å². The minimum Gasteiger partial charge on any atom is -0.396 e. The van der Waals surface area contributed by atoms with Gasteiger partial charge < -0.3 is 5.11 Å². The molecule has 1 nitrogen and oxygen atoms in total. The number of benzene rings is 1. The van der Waals surface area contributed by atoms with Gasteiger partial charge in [-0.25, -0.2) is 4.39 Å². The van der Waals surface area contributed by atoms with Gasteiger partial charge in [0.2, 0.25) is 0 Å². The smallest absolute Gasteiger partial charge is 0.126 e. The van der Waals surface area contributed by atoms with Crippen LogP contribution in [-0.2, 0) is 0 Å². The monoisotopic (exact) mass is 168 g/mol. The lowest BCUT2D eigenvalue weighted by atomic mass is 10.00. The Kier molecular flexibility index (Phi) is 2.82. The second kappa shape index (κ2) is 3.68. The molecular weight excluding hydrogens is 155 g/mol. The van der Waals surface area contributed by atoms with E-state index in [4.69, 9.17) is 5.11 Å². The number of halogens is 1. The van der Waals surface area contributed by atoms with Crippen LogP contribution in [0.3, 0.4) is 0 Å². The van der Waals surface area contributed by atoms with Crippen molar-refractivity contribution in [3.63, 3.8) is 0 Å². The van der Waals surface area contributed by atoms with Crippen LogP contribution in [0.5, 0.6) is 0 Å². The highest BCUT2D eigenvalue weighted by Gasteiger charge is 2.09. The Morgan fingerprint density at radius 3 is 2.75 bits per heavy atom. The van der Waals surface area contributed by atoms with Crippen molar-refractivity contribution in [2.24, 2.45) is 0 Å². The van der Waals surface area contributed by atoms with Gasteiger partial charge in [-0.15, -0.1) is 0 Å². The standard InChI is InChI=1S/C10H13FO/c1-7-3-4-10(11)9(5-7)8(2)6-12/h3-5,8,12H,6H2,1-2H3/t8-/m1/s1. The summed E-state index contributed by atoms with van der Waals surface area (Å²) in [5, 5.41) is 8.84. The molecular formula is C10H13FO. The van der Waals surface area contributed by atoms with Crippen molar-refractivity contribution in [3.8, 4) is 0 Å². The quantitative estimate of drug-likeness (QED) is 0.718. The molecule has 0 radical (unpaired) electrons. The first-order valence-corrected chi connectivity index (χ1v) is 4.02. The average molecular weight is 168 g/mol. The van der Waals surface area contributed by atoms with E-state index in [2.05, 4.69) is 0 Å². The normalized spacial score (nSPS) is 13.0. The fraction of sp³-hybridized carbons (Fsp3) is 0.400. The van der Waals surface area contributed by atoms with Crippen molar-refractivity contribution >= 4 is 0 Å². The number of hydrogen-bond donors (Lipinski definition) is 1. The third-order valence-corrected chi connectivity index (χ3v) is 1.96. The van der Waals surface area contributed by atoms with Gasteiger partial charge in [-0.1, -0.05) is 24.6 Å². The number of aliphatic hydroxyl groups excluding tert-OH is 1. The zero-order chi connectivity index (χ0) is 9.14. The van der Waals surface area contributed by atoms with E-state index in [1.165, 1.54) is 6.07 Å². The Morgan fingerprint density at radius 2 is 2.17 bits per heavy atom. The molecule has 66 valence electrons. The van der Waals surface area contributed by atoms with Crippen LogP contribution in [0.2, 0.25) is 0 Å². The molecule has 1 aromatic carbocycles. The fourth-order valence-electron chi connectivity index (χ4n) is 1.14. The zero-order valence-electron chi connectivity index (χ0n) is 7.34. The minimum absolute atomic E-state index is 0.0135. The summed E-state index contributed by atoms with van der Waals surface area (Å²) in [5.41, 5.74) is 1.62. The molecule has 0 bridgehead atoms. The molecule has 1 rings (SSSR count). The van der Waals surface area contributed by atoms with Crippen LogP contribution < -0.4 is 0 Å². The van der Waals surface area contributed by atoms with E-state index in [1.54, 1.807) is 19.1 Å². The van der Waals surface area contributed by atoms with E-state index in [9.17, 15) is 4.39 Å². The van der Waals surface area contributed by atoms with Gasteiger partial charge in [0, 0.05) is 12.5 Å². The maximum Gasteiger partial charge on any atom is 0.126 e. The van der Waals surface area contributed by atoms with Crippen LogP contribution >= 0.6 is 0 Å². The van der Waals surface area contributed by atoms with Crippen molar-refractivity contribution in [2.45, 2.75) is 19.8 Å². The summed E-state index contributed by atoms with van der Waals surface area (Å²) in [4.78, 5) is 0. The van der Waals surface area contributed by atoms with Gasteiger partial charge in [0.05, 0.1) is 0 Å². The van der Waals surface area contributed by atoms with Gasteiger partial charge in [0.25, 0.3) is 0 Å². The highest BCUT2D eigenvalue weighted by atomic mass is 19.1. The van der Waals surface area contributed by atoms with Gasteiger partial charge in [-0.05, 0) is 18.6 Å². The lowest BCUT2D eigenvalue weighted by Crippen LogP contribution is -2.02. The van der Waals surface area contributed by atoms with Crippen molar-refractivity contribution in [2.75, 3.05) is 6.61 Å². The maximum absolute atomic E-state index is 13.1. The first-order valence-electron chi connectivity index (χ1n) is 4.02. The molecule has 0 saturated heterocycles. The van der Waals surface area contributed by atoms with Gasteiger partial charge in [-0.3, -0.25) is 0 Å². The third kappa shape index (κ3) is 1.83. The second-order valence-electron chi connectivity index (χ2n) is 3.11. The number of hydrogen-bond acceptors (Lipinski definition) is 1. The van der Waals surface area contributed by atoms with Crippen LogP contribution in [0, 0.1) is 12.7 Å². The average Bonchev–Trinajstić information content (AvgIpc) is 2.08. The van der Waals surface area contributed by atoms with Crippen LogP contribution in [0.25, 0.3) is 0 Å². The first kappa shape index (κ1) is 9.20. The third-order valence-electron chi connectivity index (χ3n) is 1.96. The summed E-state index contributed by atoms with van der Waals surface area (Å²) in [6, 6.07) is 4.94. The van der Waals surface area contributed by atoms with E-state index in [0.29, 0.717) is 5.56 Å². The summed E-state index contributed by atoms with van der Waals surface area (Å²) < 4.78 is 13.1. The van der Waals surface area contributed by atoms with Gasteiger partial charge in [0.1, 0.15) is 5.82 Å². The summed E-state index contributed by atoms with van der Waals surface area (Å²) >= 11 is 0. The van der Waals surface area contributed by atoms with Gasteiger partial charge >= 0.3 is 0 Å². The van der Waals surface area contributed by atoms with Gasteiger partial charge in [-0.2, -0.15) is 0 Å². The Bertz CT molecular complexity index is 271. The molecule has 0 amide bonds. The molecule has 12 heavy (non-hydrogen) atoms. The lowest BCUT2D eigenvalue weighted by molar-refractivity contribution is 0.270.